The van der Waals surface area contributed by atoms with Crippen molar-refractivity contribution in [1.29, 1.82) is 5.26 Å². The number of nitriles is 1. The molecule has 5 heteroatoms. The number of hydrogen-bond donors (Lipinski definition) is 0. The fourth-order valence-corrected chi connectivity index (χ4v) is 0.834. The van der Waals surface area contributed by atoms with Gasteiger partial charge in [0.05, 0.1) is 6.54 Å². The van der Waals surface area contributed by atoms with Crippen molar-refractivity contribution >= 4 is 11.6 Å². The van der Waals surface area contributed by atoms with Crippen LogP contribution in [0.2, 0.25) is 0 Å². The summed E-state index contributed by atoms with van der Waals surface area (Å²) in [6.07, 6.45) is 6.59. The number of oxime groups is 1. The summed E-state index contributed by atoms with van der Waals surface area (Å²) in [6, 6.07) is 1.63. The highest BCUT2D eigenvalue weighted by atomic mass is 16.6. The number of carbonyl (C=O) groups is 1. The van der Waals surface area contributed by atoms with Gasteiger partial charge in [0, 0.05) is 6.54 Å². The van der Waals surface area contributed by atoms with Crippen molar-refractivity contribution in [3.63, 3.8) is 0 Å². The van der Waals surface area contributed by atoms with Gasteiger partial charge >= 0.3 is 0 Å². The Bertz CT molecular complexity index is 347. The van der Waals surface area contributed by atoms with E-state index in [1.54, 1.807) is 6.07 Å². The molecule has 0 saturated heterocycles. The zero-order chi connectivity index (χ0) is 11.7. The Balaban J connectivity index is 4.77. The highest BCUT2D eigenvalue weighted by molar-refractivity contribution is 6.44. The molecule has 0 fully saturated rings. The van der Waals surface area contributed by atoms with Gasteiger partial charge in [-0.3, -0.25) is 4.79 Å². The molecule has 0 aliphatic carbocycles. The lowest BCUT2D eigenvalue weighted by atomic mass is 10.3. The standard InChI is InChI=1S/C10H11N3O2/c1-4-6-13(7-5-2)10(14)9(8-11)12-15-3/h1,5H,2,6-7H2,3H3/b12-9-. The van der Waals surface area contributed by atoms with Crippen molar-refractivity contribution in [2.24, 2.45) is 5.16 Å². The molecule has 1 amide bonds. The molecule has 0 aliphatic rings. The molecule has 78 valence electrons. The van der Waals surface area contributed by atoms with Gasteiger partial charge in [-0.1, -0.05) is 17.2 Å². The van der Waals surface area contributed by atoms with Gasteiger partial charge in [-0.05, 0) is 0 Å². The van der Waals surface area contributed by atoms with Crippen LogP contribution in [-0.4, -0.2) is 36.7 Å². The molecule has 0 unspecified atom stereocenters. The van der Waals surface area contributed by atoms with Crippen molar-refractivity contribution in [1.82, 2.24) is 4.90 Å². The molecule has 0 aromatic carbocycles. The molecular formula is C10H11N3O2. The van der Waals surface area contributed by atoms with E-state index < -0.39 is 5.91 Å². The first kappa shape index (κ1) is 12.7. The van der Waals surface area contributed by atoms with E-state index in [4.69, 9.17) is 11.7 Å². The normalized spacial score (nSPS) is 9.67. The summed E-state index contributed by atoms with van der Waals surface area (Å²) in [4.78, 5) is 17.2. The van der Waals surface area contributed by atoms with Crippen molar-refractivity contribution in [2.45, 2.75) is 0 Å². The number of hydrogen-bond acceptors (Lipinski definition) is 4. The summed E-state index contributed by atoms with van der Waals surface area (Å²) >= 11 is 0. The lowest BCUT2D eigenvalue weighted by Crippen LogP contribution is -2.36. The van der Waals surface area contributed by atoms with Crippen molar-refractivity contribution in [2.75, 3.05) is 20.2 Å². The minimum Gasteiger partial charge on any atom is -0.398 e. The first-order valence-corrected chi connectivity index (χ1v) is 4.06. The lowest BCUT2D eigenvalue weighted by Gasteiger charge is -2.16. The lowest BCUT2D eigenvalue weighted by molar-refractivity contribution is -0.123. The van der Waals surface area contributed by atoms with Crippen molar-refractivity contribution in [3.05, 3.63) is 12.7 Å². The number of nitrogens with zero attached hydrogens (tertiary/aromatic N) is 3. The number of rotatable bonds is 5. The van der Waals surface area contributed by atoms with Crippen LogP contribution in [0.15, 0.2) is 17.8 Å². The topological polar surface area (TPSA) is 65.7 Å². The first-order valence-electron chi connectivity index (χ1n) is 4.06. The van der Waals surface area contributed by atoms with Gasteiger partial charge in [0.2, 0.25) is 5.71 Å². The van der Waals surface area contributed by atoms with Gasteiger partial charge < -0.3 is 9.74 Å². The molecule has 0 heterocycles. The summed E-state index contributed by atoms with van der Waals surface area (Å²) in [5, 5.41) is 11.9. The molecule has 0 atom stereocenters. The molecule has 0 saturated carbocycles. The van der Waals surface area contributed by atoms with Crippen LogP contribution in [0.1, 0.15) is 0 Å². The molecule has 0 aromatic heterocycles. The molecule has 0 aliphatic heterocycles. The zero-order valence-corrected chi connectivity index (χ0v) is 8.43. The van der Waals surface area contributed by atoms with Gasteiger partial charge in [-0.25, -0.2) is 0 Å². The van der Waals surface area contributed by atoms with Crippen LogP contribution in [0.5, 0.6) is 0 Å². The Labute approximate surface area is 88.6 Å². The zero-order valence-electron chi connectivity index (χ0n) is 8.43. The SMILES string of the molecule is C#CCN(CC=C)C(=O)/C(C#N)=N\OC. The molecule has 0 bridgehead atoms. The third-order valence-electron chi connectivity index (χ3n) is 1.41. The van der Waals surface area contributed by atoms with Crippen molar-refractivity contribution in [3.8, 4) is 18.4 Å². The second kappa shape index (κ2) is 7.16. The molecular weight excluding hydrogens is 194 g/mol. The van der Waals surface area contributed by atoms with Crippen LogP contribution >= 0.6 is 0 Å². The van der Waals surface area contributed by atoms with Gasteiger partial charge in [0.15, 0.2) is 0 Å². The average molecular weight is 205 g/mol. The van der Waals surface area contributed by atoms with Gasteiger partial charge in [-0.15, -0.1) is 13.0 Å². The number of carbonyl (C=O) groups excluding carboxylic acids is 1. The Morgan fingerprint density at radius 3 is 2.87 bits per heavy atom. The molecule has 15 heavy (non-hydrogen) atoms. The highest BCUT2D eigenvalue weighted by Gasteiger charge is 2.18. The van der Waals surface area contributed by atoms with E-state index in [0.29, 0.717) is 0 Å². The molecule has 5 nitrogen and oxygen atoms in total. The smallest absolute Gasteiger partial charge is 0.287 e. The second-order valence-corrected chi connectivity index (χ2v) is 2.41. The van der Waals surface area contributed by atoms with Crippen LogP contribution < -0.4 is 0 Å². The summed E-state index contributed by atoms with van der Waals surface area (Å²) in [5.74, 6) is 1.73. The minimum absolute atomic E-state index is 0.0925. The minimum atomic E-state index is -0.572. The van der Waals surface area contributed by atoms with E-state index in [2.05, 4.69) is 22.5 Å². The van der Waals surface area contributed by atoms with Crippen LogP contribution in [0.25, 0.3) is 0 Å². The molecule has 0 N–H and O–H groups in total. The molecule has 0 radical (unpaired) electrons. The predicted octanol–water partition coefficient (Wildman–Crippen LogP) is 0.160. The van der Waals surface area contributed by atoms with E-state index in [9.17, 15) is 4.79 Å². The third-order valence-corrected chi connectivity index (χ3v) is 1.41. The van der Waals surface area contributed by atoms with Crippen LogP contribution in [-0.2, 0) is 9.63 Å². The number of terminal acetylenes is 1. The largest absolute Gasteiger partial charge is 0.398 e. The van der Waals surface area contributed by atoms with Gasteiger partial charge in [-0.2, -0.15) is 5.26 Å². The van der Waals surface area contributed by atoms with Crippen LogP contribution in [0, 0.1) is 23.7 Å². The maximum atomic E-state index is 11.6. The van der Waals surface area contributed by atoms with Gasteiger partial charge in [0.1, 0.15) is 13.2 Å². The third kappa shape index (κ3) is 3.97. The summed E-state index contributed by atoms with van der Waals surface area (Å²) < 4.78 is 0. The van der Waals surface area contributed by atoms with E-state index in [-0.39, 0.29) is 18.8 Å². The molecule has 0 rings (SSSR count). The Morgan fingerprint density at radius 2 is 2.47 bits per heavy atom. The average Bonchev–Trinajstić information content (AvgIpc) is 2.24. The fraction of sp³-hybridized carbons (Fsp3) is 0.300. The fourth-order valence-electron chi connectivity index (χ4n) is 0.834. The molecule has 0 aromatic rings. The molecule has 0 spiro atoms. The van der Waals surface area contributed by atoms with Crippen LogP contribution in [0.4, 0.5) is 0 Å². The summed E-state index contributed by atoms with van der Waals surface area (Å²) in [5.41, 5.74) is -0.338. The Morgan fingerprint density at radius 1 is 1.80 bits per heavy atom. The van der Waals surface area contributed by atoms with Gasteiger partial charge in [0.25, 0.3) is 5.91 Å². The second-order valence-electron chi connectivity index (χ2n) is 2.41. The van der Waals surface area contributed by atoms with Crippen LogP contribution in [0.3, 0.4) is 0 Å². The Kier molecular flexibility index (Phi) is 6.08. The maximum Gasteiger partial charge on any atom is 0.287 e. The van der Waals surface area contributed by atoms with E-state index in [0.717, 1.165) is 0 Å². The highest BCUT2D eigenvalue weighted by Crippen LogP contribution is 1.93. The van der Waals surface area contributed by atoms with Crippen molar-refractivity contribution < 1.29 is 9.63 Å². The number of amides is 1. The summed E-state index contributed by atoms with van der Waals surface area (Å²) in [6.45, 7) is 3.83. The monoisotopic (exact) mass is 205 g/mol. The Hall–Kier alpha value is -2.27. The predicted molar refractivity (Wildman–Crippen MR) is 55.7 cm³/mol. The summed E-state index contributed by atoms with van der Waals surface area (Å²) in [7, 11) is 1.25. The maximum absolute atomic E-state index is 11.6. The first-order chi connectivity index (χ1) is 7.21. The quantitative estimate of drug-likeness (QED) is 0.278. The van der Waals surface area contributed by atoms with E-state index in [1.165, 1.54) is 18.1 Å². The van der Waals surface area contributed by atoms with E-state index in [1.807, 2.05) is 0 Å². The van der Waals surface area contributed by atoms with E-state index >= 15 is 0 Å².